The molecule has 256 valence electrons. The molecule has 0 bridgehead atoms. The second-order valence-corrected chi connectivity index (χ2v) is 13.7. The lowest BCUT2D eigenvalue weighted by molar-refractivity contribution is -0.153. The van der Waals surface area contributed by atoms with E-state index in [4.69, 9.17) is 20.0 Å². The number of H-pyrrole nitrogens is 1. The summed E-state index contributed by atoms with van der Waals surface area (Å²) in [7, 11) is 0. The van der Waals surface area contributed by atoms with Gasteiger partial charge in [0.2, 0.25) is 5.91 Å². The van der Waals surface area contributed by atoms with Gasteiger partial charge in [0.15, 0.2) is 12.4 Å². The van der Waals surface area contributed by atoms with E-state index in [0.717, 1.165) is 40.4 Å². The lowest BCUT2D eigenvalue weighted by Gasteiger charge is -2.54. The van der Waals surface area contributed by atoms with Crippen LogP contribution in [-0.4, -0.2) is 89.3 Å². The number of hydrogen-bond acceptors (Lipinski definition) is 7. The van der Waals surface area contributed by atoms with Crippen molar-refractivity contribution in [1.82, 2.24) is 24.8 Å². The quantitative estimate of drug-likeness (QED) is 0.202. The van der Waals surface area contributed by atoms with Crippen molar-refractivity contribution in [3.63, 3.8) is 0 Å². The number of fused-ring (bicyclic) bond motifs is 2. The maximum Gasteiger partial charge on any atom is 0.422 e. The number of halogens is 3. The summed E-state index contributed by atoms with van der Waals surface area (Å²) in [5.41, 5.74) is 4.54. The van der Waals surface area contributed by atoms with E-state index in [2.05, 4.69) is 27.4 Å². The zero-order valence-corrected chi connectivity index (χ0v) is 27.9. The topological polar surface area (TPSA) is 101 Å². The molecule has 0 saturated carbocycles. The molecule has 0 unspecified atom stereocenters. The number of nitrogens with zero attached hydrogens (tertiary/aromatic N) is 6. The Morgan fingerprint density at radius 2 is 1.92 bits per heavy atom. The molecule has 1 spiro atoms. The summed E-state index contributed by atoms with van der Waals surface area (Å²) < 4.78 is 47.6. The van der Waals surface area contributed by atoms with Gasteiger partial charge in [-0.15, -0.1) is 0 Å². The monoisotopic (exact) mass is 671 g/mol. The molecule has 3 aliphatic rings. The summed E-state index contributed by atoms with van der Waals surface area (Å²) in [4.78, 5) is 31.8. The second-order valence-electron chi connectivity index (χ2n) is 13.7. The van der Waals surface area contributed by atoms with Crippen molar-refractivity contribution in [2.24, 2.45) is 5.41 Å². The van der Waals surface area contributed by atoms with Gasteiger partial charge in [0.05, 0.1) is 6.07 Å². The maximum absolute atomic E-state index is 13.9. The highest BCUT2D eigenvalue weighted by Gasteiger charge is 2.46. The van der Waals surface area contributed by atoms with E-state index in [-0.39, 0.29) is 23.0 Å². The molecule has 7 rings (SSSR count). The Labute approximate surface area is 283 Å². The van der Waals surface area contributed by atoms with Crippen LogP contribution in [0.4, 0.5) is 19.0 Å². The standard InChI is InChI=1S/C37H40F3N7O2/c1-4-24-17-27-32(33(49-22-37(38,39)40)31(24)30-23(3)7-8-28-26(30)9-13-42-28)43-34(25-18-45(19-25)14-6-12-41)44-35(27)46-15-10-36(11-16-46)20-47(21-36)29(48)5-2/h5,7-9,13,17,25,42H,2,4,6,10-11,14-16,18-22H2,1,3H3. The van der Waals surface area contributed by atoms with Crippen molar-refractivity contribution in [3.8, 4) is 22.9 Å². The van der Waals surface area contributed by atoms with Crippen LogP contribution in [0.1, 0.15) is 49.1 Å². The van der Waals surface area contributed by atoms with E-state index in [0.29, 0.717) is 86.8 Å². The number of hydrogen-bond donors (Lipinski definition) is 1. The molecule has 4 aromatic rings. The van der Waals surface area contributed by atoms with Crippen LogP contribution in [0.5, 0.6) is 5.75 Å². The Kier molecular flexibility index (Phi) is 8.51. The van der Waals surface area contributed by atoms with Crippen LogP contribution >= 0.6 is 0 Å². The molecule has 0 radical (unpaired) electrons. The third-order valence-electron chi connectivity index (χ3n) is 10.5. The molecule has 5 heterocycles. The van der Waals surface area contributed by atoms with Crippen molar-refractivity contribution in [2.75, 3.05) is 57.3 Å². The Morgan fingerprint density at radius 1 is 1.16 bits per heavy atom. The molecule has 12 heteroatoms. The molecule has 49 heavy (non-hydrogen) atoms. The number of piperidine rings is 1. The lowest BCUT2D eigenvalue weighted by Crippen LogP contribution is -2.61. The minimum Gasteiger partial charge on any atom is -0.481 e. The molecule has 0 atom stereocenters. The lowest BCUT2D eigenvalue weighted by atomic mass is 9.72. The SMILES string of the molecule is C=CC(=O)N1CC2(CCN(c3nc(C4CN(CCC#N)C4)nc4c(OCC(F)(F)F)c(-c5c(C)ccc6[nH]ccc56)c(CC)cc34)CC2)C1. The molecule has 3 fully saturated rings. The third-order valence-corrected chi connectivity index (χ3v) is 10.5. The van der Waals surface area contributed by atoms with E-state index in [1.807, 2.05) is 49.2 Å². The van der Waals surface area contributed by atoms with E-state index < -0.39 is 12.8 Å². The third kappa shape index (κ3) is 6.09. The summed E-state index contributed by atoms with van der Waals surface area (Å²) in [5, 5.41) is 10.7. The number of aromatic nitrogens is 3. The Bertz CT molecular complexity index is 1960. The number of ether oxygens (including phenoxy) is 1. The largest absolute Gasteiger partial charge is 0.481 e. The van der Waals surface area contributed by atoms with E-state index in [1.54, 1.807) is 0 Å². The van der Waals surface area contributed by atoms with Crippen molar-refractivity contribution < 1.29 is 22.7 Å². The molecule has 0 aliphatic carbocycles. The van der Waals surface area contributed by atoms with Gasteiger partial charge in [-0.1, -0.05) is 19.6 Å². The molecule has 1 N–H and O–H groups in total. The van der Waals surface area contributed by atoms with Gasteiger partial charge in [-0.05, 0) is 67.2 Å². The summed E-state index contributed by atoms with van der Waals surface area (Å²) in [6.45, 7) is 10.9. The number of aryl methyl sites for hydroxylation is 2. The first-order chi connectivity index (χ1) is 23.5. The highest BCUT2D eigenvalue weighted by Crippen LogP contribution is 2.48. The maximum atomic E-state index is 13.9. The number of aromatic amines is 1. The first kappa shape index (κ1) is 32.9. The number of benzene rings is 2. The van der Waals surface area contributed by atoms with Gasteiger partial charge in [-0.3, -0.25) is 4.79 Å². The molecule has 3 saturated heterocycles. The molecule has 2 aromatic heterocycles. The number of alkyl halides is 3. The average molecular weight is 672 g/mol. The van der Waals surface area contributed by atoms with E-state index in [9.17, 15) is 18.0 Å². The number of amides is 1. The average Bonchev–Trinajstić information content (AvgIpc) is 3.53. The summed E-state index contributed by atoms with van der Waals surface area (Å²) in [6, 6.07) is 10.1. The minimum atomic E-state index is -4.56. The van der Waals surface area contributed by atoms with E-state index in [1.165, 1.54) is 6.08 Å². The number of nitriles is 1. The molecule has 3 aliphatic heterocycles. The molecule has 9 nitrogen and oxygen atoms in total. The Balaban J connectivity index is 1.37. The zero-order chi connectivity index (χ0) is 34.5. The predicted octanol–water partition coefficient (Wildman–Crippen LogP) is 6.52. The highest BCUT2D eigenvalue weighted by molar-refractivity contribution is 6.06. The van der Waals surface area contributed by atoms with Crippen LogP contribution in [0, 0.1) is 23.7 Å². The van der Waals surface area contributed by atoms with Crippen molar-refractivity contribution in [1.29, 1.82) is 5.26 Å². The van der Waals surface area contributed by atoms with Crippen LogP contribution in [0.2, 0.25) is 0 Å². The normalized spacial score (nSPS) is 18.0. The molecular formula is C37H40F3N7O2. The predicted molar refractivity (Wildman–Crippen MR) is 183 cm³/mol. The van der Waals surface area contributed by atoms with Crippen molar-refractivity contribution in [3.05, 3.63) is 60.1 Å². The van der Waals surface area contributed by atoms with Crippen molar-refractivity contribution in [2.45, 2.75) is 51.6 Å². The van der Waals surface area contributed by atoms with Gasteiger partial charge in [0.1, 0.15) is 17.2 Å². The van der Waals surface area contributed by atoms with Gasteiger partial charge in [-0.25, -0.2) is 9.97 Å². The fourth-order valence-corrected chi connectivity index (χ4v) is 7.82. The minimum absolute atomic E-state index is 0.0253. The molecule has 2 aromatic carbocycles. The van der Waals surface area contributed by atoms with Gasteiger partial charge in [-0.2, -0.15) is 18.4 Å². The van der Waals surface area contributed by atoms with Gasteiger partial charge >= 0.3 is 6.18 Å². The van der Waals surface area contributed by atoms with Crippen LogP contribution in [-0.2, 0) is 11.2 Å². The first-order valence-corrected chi connectivity index (χ1v) is 16.9. The highest BCUT2D eigenvalue weighted by atomic mass is 19.4. The number of anilines is 1. The van der Waals surface area contributed by atoms with Crippen LogP contribution in [0.15, 0.2) is 43.1 Å². The van der Waals surface area contributed by atoms with Crippen LogP contribution in [0.3, 0.4) is 0 Å². The van der Waals surface area contributed by atoms with Crippen molar-refractivity contribution >= 4 is 33.5 Å². The zero-order valence-electron chi connectivity index (χ0n) is 27.9. The summed E-state index contributed by atoms with van der Waals surface area (Å²) >= 11 is 0. The van der Waals surface area contributed by atoms with Crippen LogP contribution < -0.4 is 9.64 Å². The first-order valence-electron chi connectivity index (χ1n) is 16.9. The number of rotatable bonds is 9. The van der Waals surface area contributed by atoms with Gasteiger partial charge < -0.3 is 24.4 Å². The van der Waals surface area contributed by atoms with Gasteiger partial charge in [0, 0.05) is 91.6 Å². The Morgan fingerprint density at radius 3 is 2.59 bits per heavy atom. The van der Waals surface area contributed by atoms with Gasteiger partial charge in [0.25, 0.3) is 0 Å². The smallest absolute Gasteiger partial charge is 0.422 e. The second kappa shape index (κ2) is 12.7. The summed E-state index contributed by atoms with van der Waals surface area (Å²) in [5.74, 6) is 1.33. The fourth-order valence-electron chi connectivity index (χ4n) is 7.82. The molecular weight excluding hydrogens is 631 g/mol. The van der Waals surface area contributed by atoms with Crippen LogP contribution in [0.25, 0.3) is 32.9 Å². The number of carbonyl (C=O) groups is 1. The Hall–Kier alpha value is -4.63. The number of carbonyl (C=O) groups excluding carboxylic acids is 1. The number of nitrogens with one attached hydrogen (secondary N) is 1. The number of likely N-dealkylation sites (tertiary alicyclic amines) is 2. The molecule has 1 amide bonds. The fraction of sp³-hybridized carbons (Fsp3) is 0.459. The summed E-state index contributed by atoms with van der Waals surface area (Å²) in [6.07, 6.45) is 1.34. The van der Waals surface area contributed by atoms with E-state index >= 15 is 0 Å².